The van der Waals surface area contributed by atoms with Crippen molar-refractivity contribution in [2.24, 2.45) is 4.99 Å². The van der Waals surface area contributed by atoms with Crippen LogP contribution in [0.2, 0.25) is 0 Å². The second kappa shape index (κ2) is 16.5. The number of nitro groups is 1. The van der Waals surface area contributed by atoms with Crippen molar-refractivity contribution in [3.05, 3.63) is 39.9 Å². The Labute approximate surface area is 263 Å². The van der Waals surface area contributed by atoms with Gasteiger partial charge in [-0.25, -0.2) is 4.79 Å². The number of likely N-dealkylation sites (tertiary alicyclic amines) is 1. The molecule has 0 spiro atoms. The van der Waals surface area contributed by atoms with E-state index >= 15 is 0 Å². The Balaban J connectivity index is 0.000000545. The Morgan fingerprint density at radius 3 is 1.85 bits per heavy atom. The van der Waals surface area contributed by atoms with E-state index in [1.54, 1.807) is 0 Å². The first-order valence-electron chi connectivity index (χ1n) is 12.3. The van der Waals surface area contributed by atoms with Crippen LogP contribution in [0, 0.1) is 10.1 Å². The van der Waals surface area contributed by atoms with Gasteiger partial charge in [-0.05, 0) is 31.2 Å². The van der Waals surface area contributed by atoms with Gasteiger partial charge in [-0.3, -0.25) is 28.9 Å². The molecule has 2 saturated heterocycles. The number of rotatable bonds is 5. The van der Waals surface area contributed by atoms with Gasteiger partial charge in [-0.2, -0.15) is 60.8 Å². The number of carbonyl (C=O) groups is 2. The Kier molecular flexibility index (Phi) is 14.6. The number of hydrogen-bond acceptors (Lipinski definition) is 11. The number of alkyl halides is 6. The van der Waals surface area contributed by atoms with E-state index in [9.17, 15) is 46.0 Å². The highest BCUT2D eigenvalue weighted by atomic mass is 32.2. The minimum Gasteiger partial charge on any atom is -0.443 e. The molecule has 2 fully saturated rings. The maximum Gasteiger partial charge on any atom is 0.522 e. The summed E-state index contributed by atoms with van der Waals surface area (Å²) in [5.41, 5.74) is -10.5. The van der Waals surface area contributed by atoms with Crippen molar-refractivity contribution in [3.8, 4) is 0 Å². The Hall–Kier alpha value is -3.26. The van der Waals surface area contributed by atoms with Crippen LogP contribution in [-0.4, -0.2) is 126 Å². The summed E-state index contributed by atoms with van der Waals surface area (Å²) in [6.07, 6.45) is 1.46. The molecule has 2 aliphatic rings. The van der Waals surface area contributed by atoms with E-state index in [-0.39, 0.29) is 29.5 Å². The highest BCUT2D eigenvalue weighted by Crippen LogP contribution is 2.23. The minimum absolute atomic E-state index is 0.0164. The first-order chi connectivity index (χ1) is 20.8. The van der Waals surface area contributed by atoms with Crippen LogP contribution in [0.15, 0.2) is 29.3 Å². The number of amides is 2. The lowest BCUT2D eigenvalue weighted by atomic mass is 10.1. The molecule has 16 nitrogen and oxygen atoms in total. The molecule has 0 aliphatic carbocycles. The fourth-order valence-electron chi connectivity index (χ4n) is 3.55. The predicted molar refractivity (Wildman–Crippen MR) is 149 cm³/mol. The number of aliphatic imine (C=N–C) groups is 1. The number of non-ortho nitro benzene ring substituents is 1. The van der Waals surface area contributed by atoms with Crippen LogP contribution in [0.4, 0.5) is 36.8 Å². The SMILES string of the molecule is CN1C[C@@H](S)C[C@H]1C(=O)N1CCN(C=NC(=O)OCc2ccc([N+](=O)[O-])cc2)CC1.O=S(=O)(O)C(F)(F)F.O=S(=O)(O)C(F)(F)F. The number of ether oxygens (including phenoxy) is 1. The number of thiol groups is 1. The van der Waals surface area contributed by atoms with Gasteiger partial charge >= 0.3 is 37.3 Å². The van der Waals surface area contributed by atoms with Crippen LogP contribution in [-0.2, 0) is 36.4 Å². The summed E-state index contributed by atoms with van der Waals surface area (Å²) >= 11 is 4.47. The molecule has 0 radical (unpaired) electrons. The summed E-state index contributed by atoms with van der Waals surface area (Å²) < 4.78 is 120. The first-order valence-corrected chi connectivity index (χ1v) is 15.7. The van der Waals surface area contributed by atoms with E-state index in [4.69, 9.17) is 30.7 Å². The summed E-state index contributed by atoms with van der Waals surface area (Å²) in [6, 6.07) is 5.66. The van der Waals surface area contributed by atoms with Gasteiger partial charge in [-0.1, -0.05) is 0 Å². The van der Waals surface area contributed by atoms with Gasteiger partial charge in [0.1, 0.15) is 6.61 Å². The van der Waals surface area contributed by atoms with Crippen LogP contribution < -0.4 is 0 Å². The molecule has 0 aromatic heterocycles. The summed E-state index contributed by atoms with van der Waals surface area (Å²) in [4.78, 5) is 44.2. The summed E-state index contributed by atoms with van der Waals surface area (Å²) in [6.45, 7) is 3.12. The van der Waals surface area contributed by atoms with Crippen LogP contribution in [0.3, 0.4) is 0 Å². The van der Waals surface area contributed by atoms with Gasteiger partial charge < -0.3 is 14.5 Å². The lowest BCUT2D eigenvalue weighted by Gasteiger charge is -2.35. The van der Waals surface area contributed by atoms with Crippen LogP contribution in [0.5, 0.6) is 0 Å². The molecule has 2 atom stereocenters. The maximum absolute atomic E-state index is 12.7. The normalized spacial score (nSPS) is 19.5. The number of nitro benzene ring substituents is 1. The molecule has 2 N–H and O–H groups in total. The summed E-state index contributed by atoms with van der Waals surface area (Å²) in [5, 5.41) is 10.9. The average Bonchev–Trinajstić information content (AvgIpc) is 3.26. The highest BCUT2D eigenvalue weighted by molar-refractivity contribution is 7.86. The lowest BCUT2D eigenvalue weighted by Crippen LogP contribution is -2.52. The standard InChI is InChI=1S/C19H25N5O5S.2CHF3O3S/c1-21-11-16(30)10-17(21)18(25)23-8-6-22(7-9-23)13-20-19(26)29-12-14-2-4-15(5-3-14)24(27)28;2*2-1(3,4)8(5,6)7/h2-5,13,16-17,30H,6-12H2,1H3;2*(H,5,6,7)/t16-,17-;;/m0../s1. The zero-order chi connectivity index (χ0) is 35.7. The molecular formula is C21H27F6N5O11S3. The first kappa shape index (κ1) is 40.8. The van der Waals surface area contributed by atoms with Gasteiger partial charge in [0.2, 0.25) is 5.91 Å². The van der Waals surface area contributed by atoms with Crippen molar-refractivity contribution in [2.45, 2.75) is 35.3 Å². The van der Waals surface area contributed by atoms with Crippen molar-refractivity contribution in [3.63, 3.8) is 0 Å². The maximum atomic E-state index is 12.7. The topological polar surface area (TPSA) is 217 Å². The number of piperazine rings is 1. The molecule has 0 saturated carbocycles. The quantitative estimate of drug-likeness (QED) is 0.0578. The van der Waals surface area contributed by atoms with Gasteiger partial charge in [0, 0.05) is 50.1 Å². The molecule has 46 heavy (non-hydrogen) atoms. The molecule has 0 unspecified atom stereocenters. The minimum atomic E-state index is -5.84. The molecular weight excluding hydrogens is 708 g/mol. The third-order valence-corrected chi connectivity index (χ3v) is 7.40. The van der Waals surface area contributed by atoms with E-state index in [1.807, 2.05) is 16.8 Å². The molecule has 2 heterocycles. The molecule has 0 bridgehead atoms. The summed E-state index contributed by atoms with van der Waals surface area (Å²) in [7, 11) is -9.73. The average molecular weight is 736 g/mol. The number of hydrogen-bond donors (Lipinski definition) is 3. The number of benzene rings is 1. The Bertz CT molecular complexity index is 1410. The Morgan fingerprint density at radius 1 is 1.02 bits per heavy atom. The van der Waals surface area contributed by atoms with Crippen molar-refractivity contribution in [1.29, 1.82) is 0 Å². The van der Waals surface area contributed by atoms with Crippen molar-refractivity contribution in [2.75, 3.05) is 39.8 Å². The van der Waals surface area contributed by atoms with Crippen molar-refractivity contribution in [1.82, 2.24) is 14.7 Å². The van der Waals surface area contributed by atoms with E-state index in [0.717, 1.165) is 13.0 Å². The zero-order valence-electron chi connectivity index (χ0n) is 23.3. The lowest BCUT2D eigenvalue weighted by molar-refractivity contribution is -0.384. The van der Waals surface area contributed by atoms with E-state index in [2.05, 4.69) is 22.5 Å². The second-order valence-corrected chi connectivity index (χ2v) is 12.8. The van der Waals surface area contributed by atoms with Gasteiger partial charge in [0.15, 0.2) is 0 Å². The van der Waals surface area contributed by atoms with Gasteiger partial charge in [0.05, 0.1) is 17.3 Å². The molecule has 25 heteroatoms. The largest absolute Gasteiger partial charge is 0.522 e. The highest BCUT2D eigenvalue weighted by Gasteiger charge is 2.45. The zero-order valence-corrected chi connectivity index (χ0v) is 25.9. The van der Waals surface area contributed by atoms with E-state index < -0.39 is 42.3 Å². The smallest absolute Gasteiger partial charge is 0.443 e. The Morgan fingerprint density at radius 2 is 1.48 bits per heavy atom. The van der Waals surface area contributed by atoms with Crippen LogP contribution in [0.25, 0.3) is 0 Å². The molecule has 1 aromatic rings. The molecule has 3 rings (SSSR count). The van der Waals surface area contributed by atoms with Gasteiger partial charge in [-0.15, -0.1) is 0 Å². The van der Waals surface area contributed by atoms with E-state index in [1.165, 1.54) is 30.6 Å². The predicted octanol–water partition coefficient (Wildman–Crippen LogP) is 2.19. The molecule has 2 amide bonds. The van der Waals surface area contributed by atoms with Crippen molar-refractivity contribution >= 4 is 56.9 Å². The fourth-order valence-corrected chi connectivity index (χ4v) is 4.01. The van der Waals surface area contributed by atoms with Crippen molar-refractivity contribution < 1.29 is 71.5 Å². The van der Waals surface area contributed by atoms with Gasteiger partial charge in [0.25, 0.3) is 5.69 Å². The summed E-state index contributed by atoms with van der Waals surface area (Å²) in [5.74, 6) is 0.133. The molecule has 2 aliphatic heterocycles. The van der Waals surface area contributed by atoms with E-state index in [0.29, 0.717) is 31.7 Å². The third kappa shape index (κ3) is 13.6. The van der Waals surface area contributed by atoms with Crippen LogP contribution in [0.1, 0.15) is 12.0 Å². The number of nitrogens with zero attached hydrogens (tertiary/aromatic N) is 5. The third-order valence-electron chi connectivity index (χ3n) is 5.86. The number of halogens is 6. The van der Waals surface area contributed by atoms with Crippen LogP contribution >= 0.6 is 12.6 Å². The number of likely N-dealkylation sites (N-methyl/N-ethyl adjacent to an activating group) is 1. The second-order valence-electron chi connectivity index (χ2n) is 9.27. The fraction of sp³-hybridized carbons (Fsp3) is 0.571. The number of carbonyl (C=O) groups excluding carboxylic acids is 2. The molecule has 1 aromatic carbocycles. The monoisotopic (exact) mass is 735 g/mol. The molecule has 262 valence electrons.